The molecule has 5 nitrogen and oxygen atoms in total. The summed E-state index contributed by atoms with van der Waals surface area (Å²) in [4.78, 5) is 14.5. The van der Waals surface area contributed by atoms with E-state index in [-0.39, 0.29) is 6.42 Å². The summed E-state index contributed by atoms with van der Waals surface area (Å²) in [5.74, 6) is 1.12. The van der Waals surface area contributed by atoms with E-state index in [1.165, 1.54) is 0 Å². The Morgan fingerprint density at radius 1 is 1.57 bits per heavy atom. The predicted octanol–water partition coefficient (Wildman–Crippen LogP) is 1.02. The topological polar surface area (TPSA) is 78.9 Å². The van der Waals surface area contributed by atoms with Gasteiger partial charge >= 0.3 is 5.97 Å². The normalized spacial score (nSPS) is 10.8. The molecular weight excluding hydrogens is 182 g/mol. The highest BCUT2D eigenvalue weighted by atomic mass is 16.4. The zero-order valence-electron chi connectivity index (χ0n) is 8.45. The van der Waals surface area contributed by atoms with Crippen molar-refractivity contribution in [3.05, 3.63) is 11.6 Å². The van der Waals surface area contributed by atoms with Gasteiger partial charge in [0.25, 0.3) is 0 Å². The van der Waals surface area contributed by atoms with Crippen molar-refractivity contribution in [2.45, 2.75) is 33.1 Å². The molecule has 14 heavy (non-hydrogen) atoms. The smallest absolute Gasteiger partial charge is 0.303 e. The van der Waals surface area contributed by atoms with Gasteiger partial charge in [0, 0.05) is 12.8 Å². The third-order valence-corrected chi connectivity index (χ3v) is 1.74. The van der Waals surface area contributed by atoms with E-state index in [0.717, 1.165) is 12.2 Å². The number of nitrogens with one attached hydrogen (secondary N) is 1. The fraction of sp³-hybridized carbons (Fsp3) is 0.667. The third kappa shape index (κ3) is 3.55. The van der Waals surface area contributed by atoms with Gasteiger partial charge in [0.1, 0.15) is 5.82 Å². The first kappa shape index (κ1) is 10.7. The van der Waals surface area contributed by atoms with Crippen molar-refractivity contribution in [3.63, 3.8) is 0 Å². The van der Waals surface area contributed by atoms with Crippen LogP contribution in [0, 0.1) is 5.92 Å². The predicted molar refractivity (Wildman–Crippen MR) is 50.9 cm³/mol. The fourth-order valence-electron chi connectivity index (χ4n) is 1.14. The Morgan fingerprint density at radius 2 is 2.29 bits per heavy atom. The molecule has 1 aromatic heterocycles. The Bertz CT molecular complexity index is 307. The molecule has 0 aliphatic heterocycles. The molecule has 0 atom stereocenters. The van der Waals surface area contributed by atoms with Gasteiger partial charge in [0.05, 0.1) is 6.42 Å². The minimum atomic E-state index is -0.819. The molecule has 0 aromatic carbocycles. The summed E-state index contributed by atoms with van der Waals surface area (Å²) in [5, 5.41) is 15.2. The zero-order valence-corrected chi connectivity index (χ0v) is 8.45. The number of carbonyl (C=O) groups is 1. The molecule has 1 heterocycles. The van der Waals surface area contributed by atoms with Gasteiger partial charge in [-0.15, -0.1) is 0 Å². The Morgan fingerprint density at radius 3 is 2.86 bits per heavy atom. The van der Waals surface area contributed by atoms with Crippen molar-refractivity contribution in [1.82, 2.24) is 15.2 Å². The van der Waals surface area contributed by atoms with Crippen molar-refractivity contribution >= 4 is 5.97 Å². The fourth-order valence-corrected chi connectivity index (χ4v) is 1.14. The molecule has 0 unspecified atom stereocenters. The molecule has 5 heteroatoms. The molecule has 0 saturated heterocycles. The number of aromatic amines is 1. The van der Waals surface area contributed by atoms with Gasteiger partial charge in [0.15, 0.2) is 5.82 Å². The molecule has 0 fully saturated rings. The minimum Gasteiger partial charge on any atom is -0.481 e. The molecule has 1 aromatic rings. The standard InChI is InChI=1S/C9H15N3O2/c1-6(2)5-8-10-7(11-12-8)3-4-9(13)14/h6H,3-5H2,1-2H3,(H,13,14)(H,10,11,12). The van der Waals surface area contributed by atoms with E-state index < -0.39 is 5.97 Å². The van der Waals surface area contributed by atoms with E-state index in [0.29, 0.717) is 18.2 Å². The van der Waals surface area contributed by atoms with Crippen LogP contribution in [0.25, 0.3) is 0 Å². The summed E-state index contributed by atoms with van der Waals surface area (Å²) in [6.45, 7) is 4.19. The van der Waals surface area contributed by atoms with E-state index in [1.54, 1.807) is 0 Å². The summed E-state index contributed by atoms with van der Waals surface area (Å²) < 4.78 is 0. The number of hydrogen-bond donors (Lipinski definition) is 2. The molecule has 0 aliphatic rings. The molecule has 78 valence electrons. The number of aliphatic carboxylic acids is 1. The highest BCUT2D eigenvalue weighted by Gasteiger charge is 2.06. The average Bonchev–Trinajstić information content (AvgIpc) is 2.47. The Kier molecular flexibility index (Phi) is 3.62. The van der Waals surface area contributed by atoms with Gasteiger partial charge in [-0.2, -0.15) is 5.10 Å². The number of carboxylic acids is 1. The summed E-state index contributed by atoms with van der Waals surface area (Å²) in [6.07, 6.45) is 1.32. The van der Waals surface area contributed by atoms with Gasteiger partial charge in [-0.05, 0) is 5.92 Å². The van der Waals surface area contributed by atoms with E-state index in [4.69, 9.17) is 5.11 Å². The first-order valence-corrected chi connectivity index (χ1v) is 4.70. The quantitative estimate of drug-likeness (QED) is 0.738. The van der Waals surface area contributed by atoms with Gasteiger partial charge in [-0.3, -0.25) is 9.89 Å². The Hall–Kier alpha value is -1.39. The molecular formula is C9H15N3O2. The maximum absolute atomic E-state index is 10.3. The van der Waals surface area contributed by atoms with Crippen molar-refractivity contribution in [2.75, 3.05) is 0 Å². The monoisotopic (exact) mass is 197 g/mol. The Balaban J connectivity index is 2.46. The highest BCUT2D eigenvalue weighted by Crippen LogP contribution is 2.03. The third-order valence-electron chi connectivity index (χ3n) is 1.74. The number of aromatic nitrogens is 3. The number of hydrogen-bond acceptors (Lipinski definition) is 3. The molecule has 0 radical (unpaired) electrons. The lowest BCUT2D eigenvalue weighted by Crippen LogP contribution is -1.99. The van der Waals surface area contributed by atoms with Crippen molar-refractivity contribution in [3.8, 4) is 0 Å². The van der Waals surface area contributed by atoms with E-state index in [1.807, 2.05) is 0 Å². The summed E-state index contributed by atoms with van der Waals surface area (Å²) in [6, 6.07) is 0. The lowest BCUT2D eigenvalue weighted by atomic mass is 10.1. The van der Waals surface area contributed by atoms with Gasteiger partial charge in [0.2, 0.25) is 0 Å². The summed E-state index contributed by atoms with van der Waals surface area (Å²) >= 11 is 0. The maximum atomic E-state index is 10.3. The number of carboxylic acid groups (broad SMARTS) is 1. The maximum Gasteiger partial charge on any atom is 0.303 e. The second kappa shape index (κ2) is 4.74. The zero-order chi connectivity index (χ0) is 10.6. The van der Waals surface area contributed by atoms with Gasteiger partial charge in [-0.1, -0.05) is 13.8 Å². The first-order valence-electron chi connectivity index (χ1n) is 4.70. The average molecular weight is 197 g/mol. The highest BCUT2D eigenvalue weighted by molar-refractivity contribution is 5.66. The van der Waals surface area contributed by atoms with Crippen LogP contribution in [0.5, 0.6) is 0 Å². The number of rotatable bonds is 5. The summed E-state index contributed by atoms with van der Waals surface area (Å²) in [5.41, 5.74) is 0. The van der Waals surface area contributed by atoms with Crippen LogP contribution in [0.4, 0.5) is 0 Å². The second-order valence-electron chi connectivity index (χ2n) is 3.69. The molecule has 1 rings (SSSR count). The molecule has 0 aliphatic carbocycles. The van der Waals surface area contributed by atoms with Crippen LogP contribution in [-0.2, 0) is 17.6 Å². The lowest BCUT2D eigenvalue weighted by molar-refractivity contribution is -0.137. The SMILES string of the molecule is CC(C)Cc1nc(CCC(=O)O)n[nH]1. The second-order valence-corrected chi connectivity index (χ2v) is 3.69. The van der Waals surface area contributed by atoms with E-state index in [2.05, 4.69) is 29.0 Å². The molecule has 0 spiro atoms. The van der Waals surface area contributed by atoms with Crippen LogP contribution in [-0.4, -0.2) is 26.3 Å². The molecule has 2 N–H and O–H groups in total. The number of H-pyrrole nitrogens is 1. The molecule has 0 bridgehead atoms. The minimum absolute atomic E-state index is 0.0823. The van der Waals surface area contributed by atoms with Crippen LogP contribution in [0.15, 0.2) is 0 Å². The van der Waals surface area contributed by atoms with Crippen molar-refractivity contribution in [2.24, 2.45) is 5.92 Å². The largest absolute Gasteiger partial charge is 0.481 e. The Labute approximate surface area is 82.6 Å². The van der Waals surface area contributed by atoms with Gasteiger partial charge < -0.3 is 5.11 Å². The van der Waals surface area contributed by atoms with Crippen LogP contribution in [0.2, 0.25) is 0 Å². The van der Waals surface area contributed by atoms with Crippen molar-refractivity contribution < 1.29 is 9.90 Å². The number of aryl methyl sites for hydroxylation is 1. The van der Waals surface area contributed by atoms with Crippen LogP contribution in [0.3, 0.4) is 0 Å². The van der Waals surface area contributed by atoms with Crippen LogP contribution >= 0.6 is 0 Å². The van der Waals surface area contributed by atoms with Crippen LogP contribution in [0.1, 0.15) is 31.9 Å². The summed E-state index contributed by atoms with van der Waals surface area (Å²) in [7, 11) is 0. The number of nitrogens with zero attached hydrogens (tertiary/aromatic N) is 2. The molecule has 0 amide bonds. The van der Waals surface area contributed by atoms with Crippen molar-refractivity contribution in [1.29, 1.82) is 0 Å². The first-order chi connectivity index (χ1) is 6.58. The van der Waals surface area contributed by atoms with E-state index in [9.17, 15) is 4.79 Å². The van der Waals surface area contributed by atoms with E-state index >= 15 is 0 Å². The van der Waals surface area contributed by atoms with Crippen LogP contribution < -0.4 is 0 Å². The lowest BCUT2D eigenvalue weighted by Gasteiger charge is -1.97. The van der Waals surface area contributed by atoms with Gasteiger partial charge in [-0.25, -0.2) is 4.98 Å². The molecule has 0 saturated carbocycles.